The molecule has 0 aromatic heterocycles. The van der Waals surface area contributed by atoms with Gasteiger partial charge in [-0.2, -0.15) is 0 Å². The maximum atomic E-state index is 10.7. The Morgan fingerprint density at radius 2 is 1.58 bits per heavy atom. The van der Waals surface area contributed by atoms with Gasteiger partial charge in [-0.1, -0.05) is 39.3 Å². The third kappa shape index (κ3) is 4.16. The molecule has 0 radical (unpaired) electrons. The zero-order valence-corrected chi connectivity index (χ0v) is 16.3. The van der Waals surface area contributed by atoms with Crippen molar-refractivity contribution in [3.05, 3.63) is 22.8 Å². The number of aromatic hydroxyl groups is 2. The van der Waals surface area contributed by atoms with E-state index in [2.05, 4.69) is 40.7 Å². The summed E-state index contributed by atoms with van der Waals surface area (Å²) in [5, 5.41) is 21.2. The Bertz CT molecular complexity index is 613. The third-order valence-corrected chi connectivity index (χ3v) is 4.38. The number of hydrogen-bond acceptors (Lipinski definition) is 4. The number of methoxy groups -OCH3 is 2. The van der Waals surface area contributed by atoms with Crippen LogP contribution in [0.3, 0.4) is 0 Å². The molecular formula is C20H32O4. The molecule has 4 heteroatoms. The molecule has 0 saturated carbocycles. The standard InChI is InChI=1S/C20H32O4/c1-12(2)11-13(3)9-10-20(5,6)15-14(4)16(21)18(23-7)19(24-8)17(15)22/h9,12,21-22H,10-11H2,1-8H3. The molecule has 1 aromatic carbocycles. The summed E-state index contributed by atoms with van der Waals surface area (Å²) in [5.74, 6) is 0.998. The summed E-state index contributed by atoms with van der Waals surface area (Å²) in [6.07, 6.45) is 4.03. The molecule has 0 heterocycles. The predicted octanol–water partition coefficient (Wildman–Crippen LogP) is 5.08. The number of phenolic OH excluding ortho intramolecular Hbond substituents is 2. The van der Waals surface area contributed by atoms with Gasteiger partial charge in [0.2, 0.25) is 11.5 Å². The summed E-state index contributed by atoms with van der Waals surface area (Å²) in [5.41, 5.74) is 2.28. The molecule has 0 unspecified atom stereocenters. The maximum absolute atomic E-state index is 10.7. The fourth-order valence-electron chi connectivity index (χ4n) is 3.26. The monoisotopic (exact) mass is 336 g/mol. The van der Waals surface area contributed by atoms with Gasteiger partial charge in [0, 0.05) is 11.1 Å². The van der Waals surface area contributed by atoms with Crippen LogP contribution < -0.4 is 9.47 Å². The summed E-state index contributed by atoms with van der Waals surface area (Å²) in [6.45, 7) is 12.4. The minimum Gasteiger partial charge on any atom is -0.504 e. The highest BCUT2D eigenvalue weighted by Gasteiger charge is 2.32. The average Bonchev–Trinajstić information content (AvgIpc) is 2.48. The first-order valence-electron chi connectivity index (χ1n) is 8.39. The lowest BCUT2D eigenvalue weighted by Crippen LogP contribution is -2.19. The van der Waals surface area contributed by atoms with E-state index >= 15 is 0 Å². The summed E-state index contributed by atoms with van der Waals surface area (Å²) >= 11 is 0. The molecule has 0 aliphatic heterocycles. The Kier molecular flexibility index (Phi) is 6.58. The minimum atomic E-state index is -0.358. The van der Waals surface area contributed by atoms with Gasteiger partial charge in [-0.15, -0.1) is 0 Å². The molecule has 4 nitrogen and oxygen atoms in total. The zero-order chi connectivity index (χ0) is 18.7. The predicted molar refractivity (Wildman–Crippen MR) is 98.5 cm³/mol. The van der Waals surface area contributed by atoms with E-state index in [1.165, 1.54) is 19.8 Å². The van der Waals surface area contributed by atoms with E-state index in [1.54, 1.807) is 6.92 Å². The lowest BCUT2D eigenvalue weighted by molar-refractivity contribution is 0.309. The van der Waals surface area contributed by atoms with Crippen molar-refractivity contribution in [2.24, 2.45) is 5.92 Å². The molecule has 0 aliphatic rings. The second-order valence-electron chi connectivity index (χ2n) is 7.50. The van der Waals surface area contributed by atoms with Gasteiger partial charge in [-0.25, -0.2) is 0 Å². The molecule has 1 aromatic rings. The van der Waals surface area contributed by atoms with Gasteiger partial charge in [0.25, 0.3) is 0 Å². The van der Waals surface area contributed by atoms with Crippen molar-refractivity contribution in [3.8, 4) is 23.0 Å². The van der Waals surface area contributed by atoms with Crippen LogP contribution in [0, 0.1) is 12.8 Å². The van der Waals surface area contributed by atoms with Gasteiger partial charge in [0.15, 0.2) is 11.5 Å². The van der Waals surface area contributed by atoms with Crippen molar-refractivity contribution in [3.63, 3.8) is 0 Å². The maximum Gasteiger partial charge on any atom is 0.207 e. The van der Waals surface area contributed by atoms with Crippen LogP contribution in [0.1, 0.15) is 58.6 Å². The molecule has 0 spiro atoms. The second-order valence-corrected chi connectivity index (χ2v) is 7.50. The lowest BCUT2D eigenvalue weighted by atomic mass is 9.77. The highest BCUT2D eigenvalue weighted by molar-refractivity contribution is 5.67. The van der Waals surface area contributed by atoms with Crippen LogP contribution in [0.4, 0.5) is 0 Å². The van der Waals surface area contributed by atoms with E-state index in [-0.39, 0.29) is 28.4 Å². The lowest BCUT2D eigenvalue weighted by Gasteiger charge is -2.29. The number of benzene rings is 1. The van der Waals surface area contributed by atoms with Gasteiger partial charge < -0.3 is 19.7 Å². The van der Waals surface area contributed by atoms with Crippen LogP contribution in [0.5, 0.6) is 23.0 Å². The van der Waals surface area contributed by atoms with Crippen molar-refractivity contribution in [1.29, 1.82) is 0 Å². The quantitative estimate of drug-likeness (QED) is 0.538. The largest absolute Gasteiger partial charge is 0.504 e. The van der Waals surface area contributed by atoms with Crippen molar-refractivity contribution in [2.45, 2.75) is 59.8 Å². The third-order valence-electron chi connectivity index (χ3n) is 4.38. The van der Waals surface area contributed by atoms with Crippen LogP contribution in [0.2, 0.25) is 0 Å². The van der Waals surface area contributed by atoms with E-state index in [0.29, 0.717) is 17.0 Å². The molecule has 0 saturated heterocycles. The van der Waals surface area contributed by atoms with Crippen LogP contribution in [0.15, 0.2) is 11.6 Å². The Labute approximate surface area is 146 Å². The van der Waals surface area contributed by atoms with Crippen molar-refractivity contribution in [1.82, 2.24) is 0 Å². The first kappa shape index (κ1) is 20.2. The van der Waals surface area contributed by atoms with Crippen LogP contribution >= 0.6 is 0 Å². The van der Waals surface area contributed by atoms with Gasteiger partial charge in [0.1, 0.15) is 0 Å². The second kappa shape index (κ2) is 7.82. The van der Waals surface area contributed by atoms with E-state index in [9.17, 15) is 10.2 Å². The molecule has 0 bridgehead atoms. The summed E-state index contributed by atoms with van der Waals surface area (Å²) in [4.78, 5) is 0. The van der Waals surface area contributed by atoms with E-state index < -0.39 is 0 Å². The molecule has 0 fully saturated rings. The molecule has 0 atom stereocenters. The molecule has 0 aliphatic carbocycles. The number of hydrogen-bond donors (Lipinski definition) is 2. The summed E-state index contributed by atoms with van der Waals surface area (Å²) in [6, 6.07) is 0. The Morgan fingerprint density at radius 1 is 1.08 bits per heavy atom. The first-order chi connectivity index (χ1) is 11.1. The molecule has 136 valence electrons. The number of ether oxygens (including phenoxy) is 2. The van der Waals surface area contributed by atoms with Crippen molar-refractivity contribution in [2.75, 3.05) is 14.2 Å². The van der Waals surface area contributed by atoms with Gasteiger partial charge in [-0.05, 0) is 38.0 Å². The van der Waals surface area contributed by atoms with E-state index in [0.717, 1.165) is 12.8 Å². The fraction of sp³-hybridized carbons (Fsp3) is 0.600. The highest BCUT2D eigenvalue weighted by Crippen LogP contribution is 2.52. The smallest absolute Gasteiger partial charge is 0.207 e. The number of allylic oxidation sites excluding steroid dienone is 2. The summed E-state index contributed by atoms with van der Waals surface area (Å²) in [7, 11) is 2.90. The topological polar surface area (TPSA) is 58.9 Å². The van der Waals surface area contributed by atoms with Crippen molar-refractivity contribution < 1.29 is 19.7 Å². The number of rotatable bonds is 7. The van der Waals surface area contributed by atoms with E-state index in [4.69, 9.17) is 9.47 Å². The average molecular weight is 336 g/mol. The zero-order valence-electron chi connectivity index (χ0n) is 16.3. The van der Waals surface area contributed by atoms with E-state index in [1.807, 2.05) is 0 Å². The molecule has 2 N–H and O–H groups in total. The molecule has 0 amide bonds. The van der Waals surface area contributed by atoms with Crippen molar-refractivity contribution >= 4 is 0 Å². The molecule has 1 rings (SSSR count). The van der Waals surface area contributed by atoms with Gasteiger partial charge in [-0.3, -0.25) is 0 Å². The van der Waals surface area contributed by atoms with Gasteiger partial charge in [0.05, 0.1) is 14.2 Å². The minimum absolute atomic E-state index is 0.0121. The Balaban J connectivity index is 3.36. The Hall–Kier alpha value is -1.84. The SMILES string of the molecule is COc1c(O)c(C)c(C(C)(C)CC=C(C)CC(C)C)c(O)c1OC. The molecular weight excluding hydrogens is 304 g/mol. The fourth-order valence-corrected chi connectivity index (χ4v) is 3.26. The number of phenols is 2. The molecule has 24 heavy (non-hydrogen) atoms. The van der Waals surface area contributed by atoms with Crippen LogP contribution in [-0.4, -0.2) is 24.4 Å². The van der Waals surface area contributed by atoms with Crippen LogP contribution in [0.25, 0.3) is 0 Å². The highest BCUT2D eigenvalue weighted by atomic mass is 16.5. The van der Waals surface area contributed by atoms with Gasteiger partial charge >= 0.3 is 0 Å². The normalized spacial score (nSPS) is 12.6. The first-order valence-corrected chi connectivity index (χ1v) is 8.39. The van der Waals surface area contributed by atoms with Crippen LogP contribution in [-0.2, 0) is 5.41 Å². The summed E-state index contributed by atoms with van der Waals surface area (Å²) < 4.78 is 10.5. The Morgan fingerprint density at radius 3 is 2.04 bits per heavy atom.